The molecule has 0 radical (unpaired) electrons. The lowest BCUT2D eigenvalue weighted by atomic mass is 9.79. The van der Waals surface area contributed by atoms with Gasteiger partial charge in [0.15, 0.2) is 0 Å². The van der Waals surface area contributed by atoms with E-state index >= 15 is 0 Å². The van der Waals surface area contributed by atoms with Gasteiger partial charge in [-0.3, -0.25) is 0 Å². The Bertz CT molecular complexity index is 1190. The van der Waals surface area contributed by atoms with E-state index in [9.17, 15) is 0 Å². The van der Waals surface area contributed by atoms with Crippen LogP contribution in [0, 0.1) is 13.8 Å². The maximum atomic E-state index is 6.07. The molecule has 1 fully saturated rings. The van der Waals surface area contributed by atoms with Crippen LogP contribution in [-0.4, -0.2) is 28.3 Å². The van der Waals surface area contributed by atoms with Gasteiger partial charge in [0.05, 0.1) is 11.2 Å². The van der Waals surface area contributed by atoms with Crippen LogP contribution in [0.2, 0.25) is 0 Å². The van der Waals surface area contributed by atoms with Crippen LogP contribution in [-0.2, 0) is 9.31 Å². The van der Waals surface area contributed by atoms with E-state index in [1.54, 1.807) is 0 Å². The number of aromatic amines is 2. The predicted octanol–water partition coefficient (Wildman–Crippen LogP) is 6.01. The lowest BCUT2D eigenvalue weighted by molar-refractivity contribution is 0.00578. The van der Waals surface area contributed by atoms with Crippen molar-refractivity contribution >= 4 is 50.3 Å². The number of H-pyrrole nitrogens is 2. The average molecular weight is 467 g/mol. The topological polar surface area (TPSA) is 50.0 Å². The second kappa shape index (κ2) is 7.59. The zero-order valence-electron chi connectivity index (χ0n) is 18.4. The number of hydrogen-bond donors (Lipinski definition) is 2. The van der Waals surface area contributed by atoms with Gasteiger partial charge in [-0.15, -0.1) is 0 Å². The minimum Gasteiger partial charge on any atom is -0.399 e. The third kappa shape index (κ3) is 4.09. The summed E-state index contributed by atoms with van der Waals surface area (Å²) in [6.07, 6.45) is 0. The fourth-order valence-corrected chi connectivity index (χ4v) is 4.02. The normalized spacial score (nSPS) is 17.4. The Morgan fingerprint density at radius 1 is 0.733 bits per heavy atom. The van der Waals surface area contributed by atoms with Gasteiger partial charge >= 0.3 is 7.12 Å². The van der Waals surface area contributed by atoms with Crippen molar-refractivity contribution in [3.63, 3.8) is 0 Å². The second-order valence-corrected chi connectivity index (χ2v) is 9.99. The molecule has 0 atom stereocenters. The molecule has 0 spiro atoms. The predicted molar refractivity (Wildman–Crippen MR) is 129 cm³/mol. The number of halogens is 1. The molecule has 4 nitrogen and oxygen atoms in total. The molecule has 30 heavy (non-hydrogen) atoms. The minimum atomic E-state index is -0.294. The van der Waals surface area contributed by atoms with E-state index in [4.69, 9.17) is 9.31 Å². The van der Waals surface area contributed by atoms with Crippen LogP contribution in [0.5, 0.6) is 0 Å². The lowest BCUT2D eigenvalue weighted by Gasteiger charge is -2.32. The average Bonchev–Trinajstić information content (AvgIpc) is 3.26. The number of fused-ring (bicyclic) bond motifs is 2. The number of aromatic nitrogens is 2. The summed E-state index contributed by atoms with van der Waals surface area (Å²) in [5.74, 6) is 0. The van der Waals surface area contributed by atoms with Crippen molar-refractivity contribution in [1.82, 2.24) is 9.97 Å². The summed E-state index contributed by atoms with van der Waals surface area (Å²) < 4.78 is 13.3. The van der Waals surface area contributed by atoms with E-state index in [0.29, 0.717) is 0 Å². The second-order valence-electron chi connectivity index (χ2n) is 9.07. The van der Waals surface area contributed by atoms with Crippen LogP contribution in [0.1, 0.15) is 39.1 Å². The van der Waals surface area contributed by atoms with E-state index in [0.717, 1.165) is 15.5 Å². The highest BCUT2D eigenvalue weighted by atomic mass is 79.9. The molecule has 1 aliphatic heterocycles. The van der Waals surface area contributed by atoms with Crippen molar-refractivity contribution in [2.24, 2.45) is 0 Å². The van der Waals surface area contributed by atoms with E-state index in [1.165, 1.54) is 27.7 Å². The van der Waals surface area contributed by atoms with Crippen molar-refractivity contribution in [3.8, 4) is 0 Å². The molecule has 0 amide bonds. The smallest absolute Gasteiger partial charge is 0.399 e. The monoisotopic (exact) mass is 466 g/mol. The molecule has 5 rings (SSSR count). The Balaban J connectivity index is 0.000000168. The largest absolute Gasteiger partial charge is 0.494 e. The molecule has 156 valence electrons. The van der Waals surface area contributed by atoms with Crippen LogP contribution in [0.4, 0.5) is 0 Å². The molecule has 0 aliphatic carbocycles. The number of hydrogen-bond acceptors (Lipinski definition) is 2. The summed E-state index contributed by atoms with van der Waals surface area (Å²) in [5.41, 5.74) is 5.17. The Morgan fingerprint density at radius 2 is 1.23 bits per heavy atom. The van der Waals surface area contributed by atoms with E-state index in [1.807, 2.05) is 0 Å². The molecule has 3 heterocycles. The molecule has 0 bridgehead atoms. The first-order chi connectivity index (χ1) is 14.0. The summed E-state index contributed by atoms with van der Waals surface area (Å²) in [7, 11) is -0.294. The third-order valence-corrected chi connectivity index (χ3v) is 6.52. The Kier molecular flexibility index (Phi) is 5.37. The first-order valence-corrected chi connectivity index (χ1v) is 11.0. The highest BCUT2D eigenvalue weighted by Crippen LogP contribution is 2.36. The van der Waals surface area contributed by atoms with E-state index in [2.05, 4.69) is 116 Å². The number of rotatable bonds is 1. The van der Waals surface area contributed by atoms with Crippen molar-refractivity contribution in [3.05, 3.63) is 64.4 Å². The van der Waals surface area contributed by atoms with E-state index in [-0.39, 0.29) is 18.3 Å². The highest BCUT2D eigenvalue weighted by Gasteiger charge is 2.51. The van der Waals surface area contributed by atoms with Crippen LogP contribution in [0.15, 0.2) is 53.0 Å². The fraction of sp³-hybridized carbons (Fsp3) is 0.333. The van der Waals surface area contributed by atoms with Gasteiger partial charge in [-0.25, -0.2) is 0 Å². The Labute approximate surface area is 186 Å². The van der Waals surface area contributed by atoms with E-state index < -0.39 is 0 Å². The quantitative estimate of drug-likeness (QED) is 0.337. The summed E-state index contributed by atoms with van der Waals surface area (Å²) in [6.45, 7) is 12.4. The molecular weight excluding hydrogens is 439 g/mol. The SMILES string of the molecule is Cc1cc2ccc(B3OC(C)(C)C(C)(C)O3)cc2[nH]1.Cc1cc2ccc(Br)cc2[nH]1. The molecular formula is C24H28BBrN2O2. The summed E-state index contributed by atoms with van der Waals surface area (Å²) in [4.78, 5) is 6.62. The number of benzene rings is 2. The molecule has 0 unspecified atom stereocenters. The van der Waals surface area contributed by atoms with Gasteiger partial charge in [-0.05, 0) is 88.1 Å². The molecule has 0 saturated carbocycles. The molecule has 1 saturated heterocycles. The lowest BCUT2D eigenvalue weighted by Crippen LogP contribution is -2.41. The Hall–Kier alpha value is -2.02. The standard InChI is InChI=1S/C15H20BNO2.C9H8BrN/c1-10-8-11-6-7-12(9-13(11)17-10)16-18-14(2,3)15(4,5)19-16;1-6-4-7-2-3-8(10)5-9(7)11-6/h6-9,17H,1-5H3;2-5,11H,1H3. The molecule has 4 aromatic rings. The van der Waals surface area contributed by atoms with Gasteiger partial charge in [0.25, 0.3) is 0 Å². The maximum Gasteiger partial charge on any atom is 0.494 e. The number of aryl methyl sites for hydroxylation is 2. The van der Waals surface area contributed by atoms with Gasteiger partial charge in [0, 0.05) is 26.9 Å². The molecule has 2 N–H and O–H groups in total. The Morgan fingerprint density at radius 3 is 1.80 bits per heavy atom. The summed E-state index contributed by atoms with van der Waals surface area (Å²) in [6, 6.07) is 16.8. The van der Waals surface area contributed by atoms with Crippen LogP contribution >= 0.6 is 15.9 Å². The van der Waals surface area contributed by atoms with Crippen LogP contribution < -0.4 is 5.46 Å². The first-order valence-electron chi connectivity index (χ1n) is 10.2. The van der Waals surface area contributed by atoms with Gasteiger partial charge in [-0.2, -0.15) is 0 Å². The summed E-state index contributed by atoms with van der Waals surface area (Å²) in [5, 5.41) is 2.49. The molecule has 2 aromatic heterocycles. The van der Waals surface area contributed by atoms with Crippen molar-refractivity contribution in [2.45, 2.75) is 52.7 Å². The molecule has 6 heteroatoms. The van der Waals surface area contributed by atoms with Gasteiger partial charge in [0.2, 0.25) is 0 Å². The first kappa shape index (κ1) is 21.2. The van der Waals surface area contributed by atoms with Crippen LogP contribution in [0.3, 0.4) is 0 Å². The number of nitrogens with one attached hydrogen (secondary N) is 2. The van der Waals surface area contributed by atoms with Crippen molar-refractivity contribution in [2.75, 3.05) is 0 Å². The minimum absolute atomic E-state index is 0.293. The molecule has 2 aromatic carbocycles. The zero-order valence-corrected chi connectivity index (χ0v) is 20.0. The maximum absolute atomic E-state index is 6.07. The van der Waals surface area contributed by atoms with Crippen molar-refractivity contribution in [1.29, 1.82) is 0 Å². The zero-order chi connectivity index (χ0) is 21.7. The van der Waals surface area contributed by atoms with Gasteiger partial charge < -0.3 is 19.3 Å². The third-order valence-electron chi connectivity index (χ3n) is 6.03. The highest BCUT2D eigenvalue weighted by molar-refractivity contribution is 9.10. The van der Waals surface area contributed by atoms with Gasteiger partial charge in [0.1, 0.15) is 0 Å². The fourth-order valence-electron chi connectivity index (χ4n) is 3.66. The summed E-state index contributed by atoms with van der Waals surface area (Å²) >= 11 is 3.42. The van der Waals surface area contributed by atoms with Crippen molar-refractivity contribution < 1.29 is 9.31 Å². The molecule has 1 aliphatic rings. The van der Waals surface area contributed by atoms with Crippen LogP contribution in [0.25, 0.3) is 21.8 Å². The van der Waals surface area contributed by atoms with Gasteiger partial charge in [-0.1, -0.05) is 34.1 Å².